The smallest absolute Gasteiger partial charge is 0.407 e. The highest BCUT2D eigenvalue weighted by atomic mass is 79.9. The largest absolute Gasteiger partial charge is 0.489 e. The summed E-state index contributed by atoms with van der Waals surface area (Å²) in [7, 11) is 0. The average Bonchev–Trinajstić information content (AvgIpc) is 2.67. The van der Waals surface area contributed by atoms with Gasteiger partial charge in [-0.1, -0.05) is 30.3 Å². The Hall–Kier alpha value is -2.60. The molecule has 2 aromatic carbocycles. The third-order valence-corrected chi connectivity index (χ3v) is 5.24. The Bertz CT molecular complexity index is 1020. The number of rotatable bonds is 6. The van der Waals surface area contributed by atoms with Gasteiger partial charge < -0.3 is 14.8 Å². The van der Waals surface area contributed by atoms with Crippen LogP contribution < -0.4 is 10.1 Å². The van der Waals surface area contributed by atoms with Crippen LogP contribution in [-0.4, -0.2) is 29.3 Å². The number of carbonyl (C=O) groups excluding carboxylic acids is 1. The topological polar surface area (TPSA) is 60.5 Å². The summed E-state index contributed by atoms with van der Waals surface area (Å²) >= 11 is 3.65. The minimum atomic E-state index is -0.452. The van der Waals surface area contributed by atoms with Gasteiger partial charge in [0.05, 0.1) is 4.47 Å². The lowest BCUT2D eigenvalue weighted by molar-refractivity contribution is 0.0607. The van der Waals surface area contributed by atoms with Crippen molar-refractivity contribution >= 4 is 32.8 Å². The van der Waals surface area contributed by atoms with E-state index in [2.05, 4.69) is 26.2 Å². The number of amides is 1. The van der Waals surface area contributed by atoms with Gasteiger partial charge in [-0.25, -0.2) is 4.79 Å². The van der Waals surface area contributed by atoms with E-state index >= 15 is 0 Å². The van der Waals surface area contributed by atoms with Crippen molar-refractivity contribution in [2.45, 2.75) is 45.8 Å². The first-order valence-corrected chi connectivity index (χ1v) is 10.7. The molecular formula is C24H27BrN2O3. The van der Waals surface area contributed by atoms with E-state index in [-0.39, 0.29) is 12.1 Å². The number of alkyl carbamates (subject to hydrolysis) is 1. The number of pyridine rings is 1. The second-order valence-electron chi connectivity index (χ2n) is 8.33. The van der Waals surface area contributed by atoms with Crippen LogP contribution in [0, 0.1) is 6.92 Å². The number of nitrogens with one attached hydrogen (secondary N) is 1. The van der Waals surface area contributed by atoms with Gasteiger partial charge in [0.25, 0.3) is 0 Å². The molecule has 0 spiro atoms. The summed E-state index contributed by atoms with van der Waals surface area (Å²) in [6, 6.07) is 15.8. The zero-order valence-corrected chi connectivity index (χ0v) is 19.3. The van der Waals surface area contributed by atoms with Gasteiger partial charge in [0, 0.05) is 34.6 Å². The molecule has 0 aliphatic heterocycles. The van der Waals surface area contributed by atoms with Gasteiger partial charge in [-0.2, -0.15) is 0 Å². The van der Waals surface area contributed by atoms with Crippen molar-refractivity contribution < 1.29 is 14.3 Å². The molecule has 3 aromatic rings. The van der Waals surface area contributed by atoms with Crippen LogP contribution in [0.2, 0.25) is 0 Å². The molecule has 1 heterocycles. The minimum Gasteiger partial charge on any atom is -0.489 e. The molecule has 30 heavy (non-hydrogen) atoms. The summed E-state index contributed by atoms with van der Waals surface area (Å²) < 4.78 is 12.6. The van der Waals surface area contributed by atoms with E-state index in [1.54, 1.807) is 0 Å². The highest BCUT2D eigenvalue weighted by molar-refractivity contribution is 9.10. The van der Waals surface area contributed by atoms with Gasteiger partial charge in [-0.15, -0.1) is 0 Å². The summed E-state index contributed by atoms with van der Waals surface area (Å²) in [4.78, 5) is 16.7. The molecule has 0 radical (unpaired) electrons. The molecule has 0 aliphatic carbocycles. The number of ether oxygens (including phenoxy) is 2. The Labute approximate surface area is 185 Å². The van der Waals surface area contributed by atoms with E-state index in [0.29, 0.717) is 12.2 Å². The van der Waals surface area contributed by atoms with E-state index in [0.717, 1.165) is 26.5 Å². The summed E-state index contributed by atoms with van der Waals surface area (Å²) in [5.41, 5.74) is 1.64. The van der Waals surface area contributed by atoms with Crippen LogP contribution >= 0.6 is 15.9 Å². The highest BCUT2D eigenvalue weighted by Crippen LogP contribution is 2.33. The molecule has 1 N–H and O–H groups in total. The van der Waals surface area contributed by atoms with Crippen molar-refractivity contribution in [3.8, 4) is 5.75 Å². The van der Waals surface area contributed by atoms with Gasteiger partial charge in [-0.3, -0.25) is 4.98 Å². The zero-order chi connectivity index (χ0) is 21.7. The van der Waals surface area contributed by atoms with Crippen LogP contribution in [-0.2, 0) is 11.2 Å². The number of aryl methyl sites for hydroxylation is 1. The van der Waals surface area contributed by atoms with Crippen molar-refractivity contribution in [3.63, 3.8) is 0 Å². The first-order chi connectivity index (χ1) is 14.2. The number of halogens is 1. The summed E-state index contributed by atoms with van der Waals surface area (Å²) in [6.07, 6.45) is 1.52. The number of hydrogen-bond donors (Lipinski definition) is 1. The summed E-state index contributed by atoms with van der Waals surface area (Å²) in [5, 5.41) is 4.90. The minimum absolute atomic E-state index is 0.237. The standard InChI is InChI=1S/C24H27BrN2O3/c1-16-12-20-18(14-26-16)10-11-21(22(20)25)29-15-19(13-17-8-6-5-7-9-17)30-23(28)27-24(2,3)4/h5-12,14,19H,13,15H2,1-4H3,(H,27,28)/t19-/m1/s1. The van der Waals surface area contributed by atoms with E-state index < -0.39 is 12.2 Å². The molecule has 1 atom stereocenters. The normalized spacial score (nSPS) is 12.4. The first kappa shape index (κ1) is 22.1. The van der Waals surface area contributed by atoms with Crippen LogP contribution in [0.4, 0.5) is 4.79 Å². The molecular weight excluding hydrogens is 444 g/mol. The maximum Gasteiger partial charge on any atom is 0.407 e. The lowest BCUT2D eigenvalue weighted by atomic mass is 10.1. The Morgan fingerprint density at radius 3 is 2.60 bits per heavy atom. The van der Waals surface area contributed by atoms with Crippen LogP contribution in [0.1, 0.15) is 32.0 Å². The van der Waals surface area contributed by atoms with Gasteiger partial charge >= 0.3 is 6.09 Å². The fourth-order valence-corrected chi connectivity index (χ4v) is 3.65. The molecule has 5 nitrogen and oxygen atoms in total. The second-order valence-corrected chi connectivity index (χ2v) is 9.12. The summed E-state index contributed by atoms with van der Waals surface area (Å²) in [5.74, 6) is 0.700. The average molecular weight is 471 g/mol. The van der Waals surface area contributed by atoms with Crippen molar-refractivity contribution in [1.29, 1.82) is 0 Å². The van der Waals surface area contributed by atoms with Crippen molar-refractivity contribution in [3.05, 3.63) is 70.5 Å². The van der Waals surface area contributed by atoms with Crippen LogP contribution in [0.5, 0.6) is 5.75 Å². The number of nitrogens with zero attached hydrogens (tertiary/aromatic N) is 1. The molecule has 0 unspecified atom stereocenters. The number of aromatic nitrogens is 1. The van der Waals surface area contributed by atoms with Crippen molar-refractivity contribution in [2.75, 3.05) is 6.61 Å². The van der Waals surface area contributed by atoms with Crippen molar-refractivity contribution in [1.82, 2.24) is 10.3 Å². The predicted octanol–water partition coefficient (Wildman–Crippen LogP) is 5.82. The van der Waals surface area contributed by atoms with Gasteiger partial charge in [0.2, 0.25) is 0 Å². The molecule has 6 heteroatoms. The number of hydrogen-bond acceptors (Lipinski definition) is 4. The van der Waals surface area contributed by atoms with E-state index in [9.17, 15) is 4.79 Å². The number of fused-ring (bicyclic) bond motifs is 1. The predicted molar refractivity (Wildman–Crippen MR) is 123 cm³/mol. The van der Waals surface area contributed by atoms with Crippen molar-refractivity contribution in [2.24, 2.45) is 0 Å². The highest BCUT2D eigenvalue weighted by Gasteiger charge is 2.21. The molecule has 0 bridgehead atoms. The van der Waals surface area contributed by atoms with E-state index in [1.165, 1.54) is 0 Å². The van der Waals surface area contributed by atoms with Gasteiger partial charge in [0.1, 0.15) is 18.5 Å². The fraction of sp³-hybridized carbons (Fsp3) is 0.333. The SMILES string of the molecule is Cc1cc2c(Br)c(OC[C@@H](Cc3ccccc3)OC(=O)NC(C)(C)C)ccc2cn1. The van der Waals surface area contributed by atoms with E-state index in [1.807, 2.05) is 82.4 Å². The van der Waals surface area contributed by atoms with Crippen LogP contribution in [0.25, 0.3) is 10.8 Å². The van der Waals surface area contributed by atoms with Gasteiger partial charge in [-0.05, 0) is 67.4 Å². The Balaban J connectivity index is 1.76. The third kappa shape index (κ3) is 6.20. The molecule has 0 aliphatic rings. The van der Waals surface area contributed by atoms with E-state index in [4.69, 9.17) is 9.47 Å². The maximum absolute atomic E-state index is 12.3. The number of carbonyl (C=O) groups is 1. The second kappa shape index (κ2) is 9.47. The summed E-state index contributed by atoms with van der Waals surface area (Å²) in [6.45, 7) is 7.94. The monoisotopic (exact) mass is 470 g/mol. The third-order valence-electron chi connectivity index (χ3n) is 4.42. The Morgan fingerprint density at radius 2 is 1.90 bits per heavy atom. The fourth-order valence-electron chi connectivity index (χ4n) is 3.06. The quantitative estimate of drug-likeness (QED) is 0.492. The lowest BCUT2D eigenvalue weighted by Crippen LogP contribution is -2.43. The molecule has 0 saturated heterocycles. The lowest BCUT2D eigenvalue weighted by Gasteiger charge is -2.24. The first-order valence-electron chi connectivity index (χ1n) is 9.91. The molecule has 1 aromatic heterocycles. The molecule has 0 fully saturated rings. The molecule has 0 saturated carbocycles. The van der Waals surface area contributed by atoms with Gasteiger partial charge in [0.15, 0.2) is 0 Å². The Morgan fingerprint density at radius 1 is 1.17 bits per heavy atom. The molecule has 3 rings (SSSR count). The maximum atomic E-state index is 12.3. The zero-order valence-electron chi connectivity index (χ0n) is 17.7. The van der Waals surface area contributed by atoms with Crippen LogP contribution in [0.3, 0.4) is 0 Å². The number of benzene rings is 2. The van der Waals surface area contributed by atoms with Crippen LogP contribution in [0.15, 0.2) is 59.2 Å². The Kier molecular flexibility index (Phi) is 6.98. The molecule has 158 valence electrons. The molecule has 1 amide bonds.